The molecule has 1 amide bonds. The zero-order chi connectivity index (χ0) is 22.7. The van der Waals surface area contributed by atoms with E-state index < -0.39 is 0 Å². The number of nitrogens with one attached hydrogen (secondary N) is 1. The topological polar surface area (TPSA) is 85.4 Å². The number of ether oxygens (including phenoxy) is 1. The monoisotopic (exact) mass is 477 g/mol. The summed E-state index contributed by atoms with van der Waals surface area (Å²) in [7, 11) is 1.61. The van der Waals surface area contributed by atoms with E-state index in [0.717, 1.165) is 36.5 Å². The minimum absolute atomic E-state index is 0.154. The Kier molecular flexibility index (Phi) is 7.30. The van der Waals surface area contributed by atoms with Gasteiger partial charge in [-0.2, -0.15) is 0 Å². The Labute approximate surface area is 196 Å². The summed E-state index contributed by atoms with van der Waals surface area (Å²) in [6, 6.07) is 6.31. The average molecular weight is 478 g/mol. The number of carbonyl (C=O) groups excluding carboxylic acids is 1. The number of carbonyl (C=O) groups is 1. The molecule has 1 N–H and O–H groups in total. The first kappa shape index (κ1) is 23.0. The Bertz CT molecular complexity index is 1050. The fourth-order valence-corrected chi connectivity index (χ4v) is 4.88. The number of halogens is 1. The maximum Gasteiger partial charge on any atom is 0.271 e. The Morgan fingerprint density at radius 1 is 1.38 bits per heavy atom. The van der Waals surface area contributed by atoms with Crippen LogP contribution in [-0.4, -0.2) is 57.8 Å². The molecule has 0 radical (unpaired) electrons. The number of amides is 1. The van der Waals surface area contributed by atoms with E-state index in [-0.39, 0.29) is 11.9 Å². The van der Waals surface area contributed by atoms with Crippen LogP contribution in [0.1, 0.15) is 48.7 Å². The highest BCUT2D eigenvalue weighted by molar-refractivity contribution is 7.19. The van der Waals surface area contributed by atoms with E-state index in [9.17, 15) is 4.79 Å². The lowest BCUT2D eigenvalue weighted by atomic mass is 10.0. The van der Waals surface area contributed by atoms with Crippen molar-refractivity contribution in [3.8, 4) is 10.6 Å². The summed E-state index contributed by atoms with van der Waals surface area (Å²) in [5.41, 5.74) is 1.12. The van der Waals surface area contributed by atoms with Crippen molar-refractivity contribution < 1.29 is 14.1 Å². The van der Waals surface area contributed by atoms with Crippen molar-refractivity contribution in [3.63, 3.8) is 0 Å². The molecule has 172 valence electrons. The number of piperidine rings is 1. The van der Waals surface area contributed by atoms with Crippen LogP contribution in [-0.2, 0) is 17.9 Å². The van der Waals surface area contributed by atoms with Gasteiger partial charge in [-0.05, 0) is 38.8 Å². The molecule has 8 nitrogen and oxygen atoms in total. The number of aromatic nitrogens is 3. The van der Waals surface area contributed by atoms with Gasteiger partial charge in [0.2, 0.25) is 0 Å². The molecule has 0 saturated carbocycles. The van der Waals surface area contributed by atoms with Gasteiger partial charge in [0.25, 0.3) is 5.91 Å². The summed E-state index contributed by atoms with van der Waals surface area (Å²) in [5, 5.41) is 7.30. The Morgan fingerprint density at radius 2 is 2.16 bits per heavy atom. The molecule has 32 heavy (non-hydrogen) atoms. The molecule has 3 aromatic heterocycles. The van der Waals surface area contributed by atoms with Crippen LogP contribution in [0.4, 0.5) is 0 Å². The maximum atomic E-state index is 12.9. The van der Waals surface area contributed by atoms with E-state index >= 15 is 0 Å². The Hall–Kier alpha value is -2.20. The minimum Gasteiger partial charge on any atom is -0.377 e. The van der Waals surface area contributed by atoms with Gasteiger partial charge in [-0.25, -0.2) is 4.98 Å². The third kappa shape index (κ3) is 5.40. The summed E-state index contributed by atoms with van der Waals surface area (Å²) in [6.07, 6.45) is 3.65. The summed E-state index contributed by atoms with van der Waals surface area (Å²) in [4.78, 5) is 20.7. The predicted molar refractivity (Wildman–Crippen MR) is 124 cm³/mol. The first-order valence-electron chi connectivity index (χ1n) is 10.7. The van der Waals surface area contributed by atoms with E-state index in [2.05, 4.69) is 34.2 Å². The Morgan fingerprint density at radius 3 is 2.81 bits per heavy atom. The van der Waals surface area contributed by atoms with Crippen LogP contribution in [0, 0.1) is 0 Å². The standard InChI is InChI=1S/C22H28ClN5O3S/c1-14(2)27-8-6-15(7-9-27)24-22(29)17-12-28(21(25-17)13-30-3)11-16-10-18(31-26-16)19-4-5-20(23)32-19/h4-5,10,12,14-15H,6-9,11,13H2,1-3H3,(H,24,29). The van der Waals surface area contributed by atoms with Crippen LogP contribution < -0.4 is 5.32 Å². The van der Waals surface area contributed by atoms with Gasteiger partial charge in [0.1, 0.15) is 23.8 Å². The molecule has 0 unspecified atom stereocenters. The van der Waals surface area contributed by atoms with E-state index in [1.165, 1.54) is 11.3 Å². The van der Waals surface area contributed by atoms with E-state index in [0.29, 0.717) is 40.8 Å². The van der Waals surface area contributed by atoms with Crippen LogP contribution >= 0.6 is 22.9 Å². The highest BCUT2D eigenvalue weighted by atomic mass is 35.5. The van der Waals surface area contributed by atoms with E-state index in [1.54, 1.807) is 13.3 Å². The highest BCUT2D eigenvalue weighted by Gasteiger charge is 2.24. The summed E-state index contributed by atoms with van der Waals surface area (Å²) >= 11 is 7.45. The number of thiophene rings is 1. The number of imidazole rings is 1. The van der Waals surface area contributed by atoms with Crippen molar-refractivity contribution in [1.82, 2.24) is 24.9 Å². The second-order valence-corrected chi connectivity index (χ2v) is 9.98. The molecule has 1 fully saturated rings. The quantitative estimate of drug-likeness (QED) is 0.526. The smallest absolute Gasteiger partial charge is 0.271 e. The van der Waals surface area contributed by atoms with Gasteiger partial charge in [-0.1, -0.05) is 16.8 Å². The second-order valence-electron chi connectivity index (χ2n) is 8.27. The molecule has 4 rings (SSSR count). The van der Waals surface area contributed by atoms with E-state index in [1.807, 2.05) is 22.8 Å². The number of likely N-dealkylation sites (tertiary alicyclic amines) is 1. The molecule has 0 bridgehead atoms. The van der Waals surface area contributed by atoms with Crippen LogP contribution in [0.2, 0.25) is 4.34 Å². The number of hydrogen-bond acceptors (Lipinski definition) is 7. The van der Waals surface area contributed by atoms with Crippen molar-refractivity contribution in [1.29, 1.82) is 0 Å². The Balaban J connectivity index is 1.43. The molecular weight excluding hydrogens is 450 g/mol. The lowest BCUT2D eigenvalue weighted by molar-refractivity contribution is 0.0895. The van der Waals surface area contributed by atoms with Gasteiger partial charge < -0.3 is 24.0 Å². The molecule has 0 aliphatic carbocycles. The van der Waals surface area contributed by atoms with Gasteiger partial charge in [-0.15, -0.1) is 11.3 Å². The zero-order valence-electron chi connectivity index (χ0n) is 18.5. The lowest BCUT2D eigenvalue weighted by Crippen LogP contribution is -2.46. The first-order valence-corrected chi connectivity index (χ1v) is 11.9. The van der Waals surface area contributed by atoms with Crippen molar-refractivity contribution in [3.05, 3.63) is 45.9 Å². The van der Waals surface area contributed by atoms with Crippen LogP contribution in [0.3, 0.4) is 0 Å². The fraction of sp³-hybridized carbons (Fsp3) is 0.500. The molecule has 3 aromatic rings. The van der Waals surface area contributed by atoms with Crippen molar-refractivity contribution in [2.75, 3.05) is 20.2 Å². The van der Waals surface area contributed by atoms with Crippen LogP contribution in [0.5, 0.6) is 0 Å². The number of methoxy groups -OCH3 is 1. The van der Waals surface area contributed by atoms with Gasteiger partial charge in [-0.3, -0.25) is 4.79 Å². The van der Waals surface area contributed by atoms with Gasteiger partial charge >= 0.3 is 0 Å². The maximum absolute atomic E-state index is 12.9. The van der Waals surface area contributed by atoms with Gasteiger partial charge in [0.15, 0.2) is 5.76 Å². The largest absolute Gasteiger partial charge is 0.377 e. The first-order chi connectivity index (χ1) is 15.4. The number of rotatable bonds is 8. The lowest BCUT2D eigenvalue weighted by Gasteiger charge is -2.34. The van der Waals surface area contributed by atoms with Crippen molar-refractivity contribution >= 4 is 28.8 Å². The summed E-state index contributed by atoms with van der Waals surface area (Å²) in [6.45, 7) is 7.12. The minimum atomic E-state index is -0.154. The predicted octanol–water partition coefficient (Wildman–Crippen LogP) is 4.05. The second kappa shape index (κ2) is 10.2. The van der Waals surface area contributed by atoms with Gasteiger partial charge in [0.05, 0.1) is 15.8 Å². The molecule has 10 heteroatoms. The molecule has 4 heterocycles. The van der Waals surface area contributed by atoms with Gasteiger partial charge in [0, 0.05) is 44.5 Å². The average Bonchev–Trinajstić information content (AvgIpc) is 3.50. The van der Waals surface area contributed by atoms with Crippen LogP contribution in [0.15, 0.2) is 28.9 Å². The third-order valence-electron chi connectivity index (χ3n) is 5.67. The highest BCUT2D eigenvalue weighted by Crippen LogP contribution is 2.31. The third-order valence-corrected chi connectivity index (χ3v) is 6.91. The number of nitrogens with zero attached hydrogens (tertiary/aromatic N) is 4. The molecule has 0 aromatic carbocycles. The molecule has 1 aliphatic rings. The molecular formula is C22H28ClN5O3S. The molecule has 1 aliphatic heterocycles. The SMILES string of the molecule is COCc1nc(C(=O)NC2CCN(C(C)C)CC2)cn1Cc1cc(-c2ccc(Cl)s2)on1. The molecule has 0 spiro atoms. The fourth-order valence-electron chi connectivity index (χ4n) is 3.89. The van der Waals surface area contributed by atoms with Crippen molar-refractivity contribution in [2.45, 2.75) is 51.9 Å². The normalized spacial score (nSPS) is 15.5. The zero-order valence-corrected chi connectivity index (χ0v) is 20.1. The molecule has 1 saturated heterocycles. The summed E-state index contributed by atoms with van der Waals surface area (Å²) in [5.74, 6) is 1.17. The summed E-state index contributed by atoms with van der Waals surface area (Å²) < 4.78 is 13.3. The number of hydrogen-bond donors (Lipinski definition) is 1. The van der Waals surface area contributed by atoms with E-state index in [4.69, 9.17) is 20.9 Å². The van der Waals surface area contributed by atoms with Crippen LogP contribution in [0.25, 0.3) is 10.6 Å². The molecule has 0 atom stereocenters. The van der Waals surface area contributed by atoms with Crippen molar-refractivity contribution in [2.24, 2.45) is 0 Å².